The highest BCUT2D eigenvalue weighted by Crippen LogP contribution is 2.25. The fraction of sp³-hybridized carbons (Fsp3) is 0.500. The van der Waals surface area contributed by atoms with Crippen molar-refractivity contribution < 1.29 is 13.9 Å². The molecule has 0 aliphatic carbocycles. The first-order valence-corrected chi connectivity index (χ1v) is 7.10. The van der Waals surface area contributed by atoms with Crippen LogP contribution < -0.4 is 0 Å². The van der Waals surface area contributed by atoms with Crippen LogP contribution in [0.15, 0.2) is 16.6 Å². The van der Waals surface area contributed by atoms with E-state index in [0.29, 0.717) is 18.7 Å². The van der Waals surface area contributed by atoms with E-state index < -0.39 is 5.82 Å². The van der Waals surface area contributed by atoms with Gasteiger partial charge in [-0.3, -0.25) is 4.79 Å². The van der Waals surface area contributed by atoms with E-state index in [9.17, 15) is 9.18 Å². The third kappa shape index (κ3) is 2.98. The summed E-state index contributed by atoms with van der Waals surface area (Å²) in [5, 5.41) is 0. The SMILES string of the molecule is COC1CCN(C(=O)c2c(F)ccc(Br)c2C)CC1. The minimum absolute atomic E-state index is 0.172. The van der Waals surface area contributed by atoms with Gasteiger partial charge in [0.2, 0.25) is 0 Å². The van der Waals surface area contributed by atoms with Gasteiger partial charge in [0, 0.05) is 24.7 Å². The fourth-order valence-electron chi connectivity index (χ4n) is 2.37. The van der Waals surface area contributed by atoms with E-state index >= 15 is 0 Å². The van der Waals surface area contributed by atoms with Crippen LogP contribution >= 0.6 is 15.9 Å². The first kappa shape index (κ1) is 14.5. The largest absolute Gasteiger partial charge is 0.381 e. The van der Waals surface area contributed by atoms with E-state index in [4.69, 9.17) is 4.74 Å². The van der Waals surface area contributed by atoms with Crippen LogP contribution in [0, 0.1) is 12.7 Å². The smallest absolute Gasteiger partial charge is 0.257 e. The molecule has 0 bridgehead atoms. The van der Waals surface area contributed by atoms with Crippen LogP contribution in [0.5, 0.6) is 0 Å². The average molecular weight is 330 g/mol. The molecule has 0 unspecified atom stereocenters. The summed E-state index contributed by atoms with van der Waals surface area (Å²) in [7, 11) is 1.68. The summed E-state index contributed by atoms with van der Waals surface area (Å²) in [4.78, 5) is 14.1. The van der Waals surface area contributed by atoms with Crippen molar-refractivity contribution in [3.05, 3.63) is 33.5 Å². The summed E-state index contributed by atoms with van der Waals surface area (Å²) < 4.78 is 19.9. The molecule has 1 aromatic rings. The number of methoxy groups -OCH3 is 1. The molecule has 0 radical (unpaired) electrons. The van der Waals surface area contributed by atoms with E-state index in [2.05, 4.69) is 15.9 Å². The molecule has 0 N–H and O–H groups in total. The lowest BCUT2D eigenvalue weighted by Crippen LogP contribution is -2.41. The van der Waals surface area contributed by atoms with Gasteiger partial charge in [0.15, 0.2) is 0 Å². The normalized spacial score (nSPS) is 16.7. The lowest BCUT2D eigenvalue weighted by Gasteiger charge is -2.31. The van der Waals surface area contributed by atoms with Gasteiger partial charge in [0.25, 0.3) is 5.91 Å². The molecular formula is C14H17BrFNO2. The Labute approximate surface area is 120 Å². The number of amides is 1. The van der Waals surface area contributed by atoms with Crippen molar-refractivity contribution >= 4 is 21.8 Å². The van der Waals surface area contributed by atoms with Crippen LogP contribution in [0.2, 0.25) is 0 Å². The van der Waals surface area contributed by atoms with Crippen LogP contribution in [-0.2, 0) is 4.74 Å². The highest BCUT2D eigenvalue weighted by molar-refractivity contribution is 9.10. The molecule has 1 heterocycles. The Bertz CT molecular complexity index is 485. The number of carbonyl (C=O) groups excluding carboxylic acids is 1. The minimum atomic E-state index is -0.459. The minimum Gasteiger partial charge on any atom is -0.381 e. The molecule has 0 saturated carbocycles. The van der Waals surface area contributed by atoms with Gasteiger partial charge >= 0.3 is 0 Å². The molecule has 1 saturated heterocycles. The van der Waals surface area contributed by atoms with Crippen molar-refractivity contribution in [3.8, 4) is 0 Å². The number of piperidine rings is 1. The zero-order valence-corrected chi connectivity index (χ0v) is 12.7. The molecule has 1 fully saturated rings. The number of nitrogens with zero attached hydrogens (tertiary/aromatic N) is 1. The van der Waals surface area contributed by atoms with Crippen molar-refractivity contribution in [3.63, 3.8) is 0 Å². The molecular weight excluding hydrogens is 313 g/mol. The van der Waals surface area contributed by atoms with Gasteiger partial charge in [-0.2, -0.15) is 0 Å². The second-order valence-corrected chi connectivity index (χ2v) is 5.61. The maximum absolute atomic E-state index is 13.9. The van der Waals surface area contributed by atoms with E-state index in [1.807, 2.05) is 0 Å². The Hall–Kier alpha value is -0.940. The summed E-state index contributed by atoms with van der Waals surface area (Å²) in [6.45, 7) is 2.98. The maximum Gasteiger partial charge on any atom is 0.257 e. The molecule has 1 aliphatic heterocycles. The maximum atomic E-state index is 13.9. The Balaban J connectivity index is 2.19. The van der Waals surface area contributed by atoms with Gasteiger partial charge in [-0.05, 0) is 37.5 Å². The fourth-order valence-corrected chi connectivity index (χ4v) is 2.70. The molecule has 3 nitrogen and oxygen atoms in total. The first-order chi connectivity index (χ1) is 9.04. The van der Waals surface area contributed by atoms with Gasteiger partial charge in [-0.1, -0.05) is 15.9 Å². The molecule has 1 aliphatic rings. The predicted octanol–water partition coefficient (Wildman–Crippen LogP) is 3.15. The number of likely N-dealkylation sites (tertiary alicyclic amines) is 1. The Morgan fingerprint density at radius 1 is 1.42 bits per heavy atom. The third-order valence-corrected chi connectivity index (χ3v) is 4.48. The lowest BCUT2D eigenvalue weighted by atomic mass is 10.0. The number of hydrogen-bond donors (Lipinski definition) is 0. The highest BCUT2D eigenvalue weighted by Gasteiger charge is 2.26. The van der Waals surface area contributed by atoms with Crippen molar-refractivity contribution in [2.24, 2.45) is 0 Å². The van der Waals surface area contributed by atoms with Gasteiger partial charge in [0.05, 0.1) is 11.7 Å². The molecule has 5 heteroatoms. The quantitative estimate of drug-likeness (QED) is 0.834. The summed E-state index contributed by atoms with van der Waals surface area (Å²) in [6.07, 6.45) is 1.81. The Morgan fingerprint density at radius 3 is 2.63 bits per heavy atom. The van der Waals surface area contributed by atoms with Gasteiger partial charge in [-0.25, -0.2) is 4.39 Å². The second kappa shape index (κ2) is 6.01. The number of ether oxygens (including phenoxy) is 1. The van der Waals surface area contributed by atoms with Gasteiger partial charge in [-0.15, -0.1) is 0 Å². The molecule has 0 spiro atoms. The van der Waals surface area contributed by atoms with E-state index in [-0.39, 0.29) is 17.6 Å². The zero-order chi connectivity index (χ0) is 14.0. The van der Waals surface area contributed by atoms with Crippen molar-refractivity contribution in [1.82, 2.24) is 4.90 Å². The van der Waals surface area contributed by atoms with Crippen LogP contribution in [0.3, 0.4) is 0 Å². The monoisotopic (exact) mass is 329 g/mol. The van der Waals surface area contributed by atoms with Gasteiger partial charge < -0.3 is 9.64 Å². The number of hydrogen-bond acceptors (Lipinski definition) is 2. The van der Waals surface area contributed by atoms with Crippen molar-refractivity contribution in [2.75, 3.05) is 20.2 Å². The van der Waals surface area contributed by atoms with Crippen LogP contribution in [0.25, 0.3) is 0 Å². The average Bonchev–Trinajstić information content (AvgIpc) is 2.43. The summed E-state index contributed by atoms with van der Waals surface area (Å²) in [5.74, 6) is -0.689. The van der Waals surface area contributed by atoms with E-state index in [1.54, 1.807) is 25.0 Å². The van der Waals surface area contributed by atoms with Gasteiger partial charge in [0.1, 0.15) is 5.82 Å². The van der Waals surface area contributed by atoms with Crippen molar-refractivity contribution in [1.29, 1.82) is 0 Å². The van der Waals surface area contributed by atoms with Crippen LogP contribution in [0.4, 0.5) is 4.39 Å². The third-order valence-electron chi connectivity index (χ3n) is 3.62. The van der Waals surface area contributed by atoms with Crippen molar-refractivity contribution in [2.45, 2.75) is 25.9 Å². The molecule has 0 atom stereocenters. The second-order valence-electron chi connectivity index (χ2n) is 4.76. The Kier molecular flexibility index (Phi) is 4.58. The molecule has 2 rings (SSSR count). The first-order valence-electron chi connectivity index (χ1n) is 6.31. The predicted molar refractivity (Wildman–Crippen MR) is 74.8 cm³/mol. The lowest BCUT2D eigenvalue weighted by molar-refractivity contribution is 0.0348. The number of halogens is 2. The zero-order valence-electron chi connectivity index (χ0n) is 11.1. The Morgan fingerprint density at radius 2 is 2.05 bits per heavy atom. The topological polar surface area (TPSA) is 29.5 Å². The summed E-state index contributed by atoms with van der Waals surface area (Å²) in [5.41, 5.74) is 0.823. The number of benzene rings is 1. The van der Waals surface area contributed by atoms with Crippen LogP contribution in [0.1, 0.15) is 28.8 Å². The summed E-state index contributed by atoms with van der Waals surface area (Å²) >= 11 is 3.34. The molecule has 1 aromatic carbocycles. The summed E-state index contributed by atoms with van der Waals surface area (Å²) in [6, 6.07) is 2.95. The highest BCUT2D eigenvalue weighted by atomic mass is 79.9. The molecule has 104 valence electrons. The van der Waals surface area contributed by atoms with E-state index in [1.165, 1.54) is 6.07 Å². The number of carbonyl (C=O) groups is 1. The number of rotatable bonds is 2. The molecule has 19 heavy (non-hydrogen) atoms. The molecule has 1 amide bonds. The molecule has 0 aromatic heterocycles. The van der Waals surface area contributed by atoms with E-state index in [0.717, 1.165) is 17.3 Å². The standard InChI is InChI=1S/C14H17BrFNO2/c1-9-11(15)3-4-12(16)13(9)14(18)17-7-5-10(19-2)6-8-17/h3-4,10H,5-8H2,1-2H3. The van der Waals surface area contributed by atoms with Crippen LogP contribution in [-0.4, -0.2) is 37.1 Å².